The quantitative estimate of drug-likeness (QED) is 0.559. The normalized spacial score (nSPS) is 10.5. The molecule has 0 aliphatic rings. The number of hydrogen-bond acceptors (Lipinski definition) is 6. The number of hydrogen-bond donors (Lipinski definition) is 3. The van der Waals surface area contributed by atoms with Gasteiger partial charge < -0.3 is 15.5 Å². The number of nitrogens with zero attached hydrogens (tertiary/aromatic N) is 2. The summed E-state index contributed by atoms with van der Waals surface area (Å²) in [7, 11) is 0. The molecule has 2 rings (SSSR count). The molecule has 0 unspecified atom stereocenters. The zero-order valence-electron chi connectivity index (χ0n) is 12.6. The topological polar surface area (TPSA) is 85.1 Å². The van der Waals surface area contributed by atoms with Gasteiger partial charge in [0.25, 0.3) is 0 Å². The van der Waals surface area contributed by atoms with Gasteiger partial charge in [0.2, 0.25) is 0 Å². The molecule has 0 spiro atoms. The van der Waals surface area contributed by atoms with Crippen LogP contribution in [-0.4, -0.2) is 16.6 Å². The molecule has 0 aliphatic carbocycles. The number of hydrazine groups is 1. The average Bonchev–Trinajstić information content (AvgIpc) is 2.49. The van der Waals surface area contributed by atoms with E-state index < -0.39 is 0 Å². The molecular formula is C15H21N5O. The molecule has 21 heavy (non-hydrogen) atoms. The lowest BCUT2D eigenvalue weighted by molar-refractivity contribution is 0.128. The van der Waals surface area contributed by atoms with Crippen LogP contribution in [0.2, 0.25) is 0 Å². The zero-order valence-corrected chi connectivity index (χ0v) is 12.6. The van der Waals surface area contributed by atoms with Crippen molar-refractivity contribution >= 4 is 17.3 Å². The maximum absolute atomic E-state index is 5.45. The zero-order chi connectivity index (χ0) is 15.2. The molecule has 6 nitrogen and oxygen atoms in total. The monoisotopic (exact) mass is 287 g/mol. The van der Waals surface area contributed by atoms with Gasteiger partial charge in [-0.05, 0) is 38.0 Å². The first-order chi connectivity index (χ1) is 10.1. The Morgan fingerprint density at radius 2 is 1.95 bits per heavy atom. The minimum absolute atomic E-state index is 0.355. The number of ether oxygens (including phenoxy) is 1. The lowest BCUT2D eigenvalue weighted by Crippen LogP contribution is -2.12. The van der Waals surface area contributed by atoms with E-state index in [1.165, 1.54) is 11.1 Å². The van der Waals surface area contributed by atoms with Gasteiger partial charge in [0.15, 0.2) is 5.82 Å². The van der Waals surface area contributed by atoms with Crippen LogP contribution >= 0.6 is 0 Å². The van der Waals surface area contributed by atoms with Crippen LogP contribution in [-0.2, 0) is 11.3 Å². The first-order valence-corrected chi connectivity index (χ1v) is 6.89. The van der Waals surface area contributed by atoms with E-state index in [1.54, 1.807) is 6.07 Å². The summed E-state index contributed by atoms with van der Waals surface area (Å²) in [5.41, 5.74) is 5.97. The molecule has 2 aromatic rings. The summed E-state index contributed by atoms with van der Waals surface area (Å²) in [4.78, 5) is 8.70. The van der Waals surface area contributed by atoms with Crippen molar-refractivity contribution in [2.24, 2.45) is 5.84 Å². The minimum atomic E-state index is 0.355. The van der Waals surface area contributed by atoms with Crippen LogP contribution < -0.4 is 16.6 Å². The Bertz CT molecular complexity index is 615. The number of rotatable bonds is 6. The fourth-order valence-electron chi connectivity index (χ4n) is 1.92. The van der Waals surface area contributed by atoms with Gasteiger partial charge in [-0.1, -0.05) is 12.1 Å². The molecule has 0 atom stereocenters. The van der Waals surface area contributed by atoms with Crippen LogP contribution in [0.25, 0.3) is 0 Å². The van der Waals surface area contributed by atoms with Crippen molar-refractivity contribution in [2.45, 2.75) is 27.4 Å². The van der Waals surface area contributed by atoms with Gasteiger partial charge in [-0.3, -0.25) is 0 Å². The molecule has 0 saturated heterocycles. The number of benzene rings is 1. The van der Waals surface area contributed by atoms with E-state index in [2.05, 4.69) is 40.6 Å². The first-order valence-electron chi connectivity index (χ1n) is 6.89. The predicted octanol–water partition coefficient (Wildman–Crippen LogP) is 2.66. The third kappa shape index (κ3) is 3.90. The Hall–Kier alpha value is -2.18. The van der Waals surface area contributed by atoms with E-state index in [0.717, 1.165) is 5.69 Å². The van der Waals surface area contributed by atoms with Crippen molar-refractivity contribution in [1.29, 1.82) is 0 Å². The van der Waals surface area contributed by atoms with Gasteiger partial charge in [0.1, 0.15) is 18.2 Å². The highest BCUT2D eigenvalue weighted by molar-refractivity contribution is 5.63. The molecule has 6 heteroatoms. The Morgan fingerprint density at radius 1 is 1.19 bits per heavy atom. The molecule has 0 amide bonds. The van der Waals surface area contributed by atoms with Crippen molar-refractivity contribution in [3.63, 3.8) is 0 Å². The van der Waals surface area contributed by atoms with E-state index in [-0.39, 0.29) is 0 Å². The van der Waals surface area contributed by atoms with E-state index in [0.29, 0.717) is 30.7 Å². The van der Waals surface area contributed by atoms with Crippen molar-refractivity contribution in [1.82, 2.24) is 9.97 Å². The minimum Gasteiger partial charge on any atom is -0.374 e. The largest absolute Gasteiger partial charge is 0.374 e. The highest BCUT2D eigenvalue weighted by Gasteiger charge is 2.07. The van der Waals surface area contributed by atoms with Crippen LogP contribution in [0, 0.1) is 13.8 Å². The second-order valence-corrected chi connectivity index (χ2v) is 4.71. The van der Waals surface area contributed by atoms with Gasteiger partial charge in [0, 0.05) is 18.4 Å². The Kier molecular flexibility index (Phi) is 5.08. The van der Waals surface area contributed by atoms with Crippen molar-refractivity contribution < 1.29 is 4.74 Å². The van der Waals surface area contributed by atoms with Crippen molar-refractivity contribution in [2.75, 3.05) is 17.3 Å². The number of anilines is 3. The van der Waals surface area contributed by atoms with Gasteiger partial charge in [-0.25, -0.2) is 15.8 Å². The molecule has 0 bridgehead atoms. The molecule has 0 aliphatic heterocycles. The van der Waals surface area contributed by atoms with Crippen LogP contribution in [0.15, 0.2) is 24.3 Å². The summed E-state index contributed by atoms with van der Waals surface area (Å²) in [5, 5.41) is 3.30. The molecule has 0 saturated carbocycles. The second kappa shape index (κ2) is 7.01. The van der Waals surface area contributed by atoms with Crippen LogP contribution in [0.4, 0.5) is 17.3 Å². The number of nitrogen functional groups attached to an aromatic ring is 1. The highest BCUT2D eigenvalue weighted by Crippen LogP contribution is 2.22. The Morgan fingerprint density at radius 3 is 2.67 bits per heavy atom. The van der Waals surface area contributed by atoms with Crippen LogP contribution in [0.5, 0.6) is 0 Å². The van der Waals surface area contributed by atoms with E-state index in [9.17, 15) is 0 Å². The fraction of sp³-hybridized carbons (Fsp3) is 0.333. The van der Waals surface area contributed by atoms with E-state index in [4.69, 9.17) is 10.6 Å². The lowest BCUT2D eigenvalue weighted by Gasteiger charge is -2.12. The maximum atomic E-state index is 5.45. The molecule has 4 N–H and O–H groups in total. The van der Waals surface area contributed by atoms with Gasteiger partial charge in [-0.2, -0.15) is 0 Å². The molecule has 0 fully saturated rings. The summed E-state index contributed by atoms with van der Waals surface area (Å²) in [6.07, 6.45) is 0. The van der Waals surface area contributed by atoms with E-state index in [1.807, 2.05) is 19.1 Å². The van der Waals surface area contributed by atoms with Gasteiger partial charge in [-0.15, -0.1) is 0 Å². The summed E-state index contributed by atoms with van der Waals surface area (Å²) >= 11 is 0. The lowest BCUT2D eigenvalue weighted by atomic mass is 10.1. The Balaban J connectivity index is 2.28. The second-order valence-electron chi connectivity index (χ2n) is 4.71. The first kappa shape index (κ1) is 15.2. The van der Waals surface area contributed by atoms with E-state index >= 15 is 0 Å². The summed E-state index contributed by atoms with van der Waals surface area (Å²) in [6.45, 7) is 7.05. The highest BCUT2D eigenvalue weighted by atomic mass is 16.5. The summed E-state index contributed by atoms with van der Waals surface area (Å²) in [5.74, 6) is 7.27. The Labute approximate surface area is 124 Å². The molecular weight excluding hydrogens is 266 g/mol. The maximum Gasteiger partial charge on any atom is 0.158 e. The molecule has 1 aromatic heterocycles. The van der Waals surface area contributed by atoms with Crippen LogP contribution in [0.1, 0.15) is 23.9 Å². The SMILES string of the molecule is CCOCc1nc(NN)cc(Nc2cccc(C)c2C)n1. The average molecular weight is 287 g/mol. The third-order valence-electron chi connectivity index (χ3n) is 3.22. The smallest absolute Gasteiger partial charge is 0.158 e. The molecule has 112 valence electrons. The molecule has 1 heterocycles. The number of aryl methyl sites for hydroxylation is 1. The van der Waals surface area contributed by atoms with Gasteiger partial charge >= 0.3 is 0 Å². The van der Waals surface area contributed by atoms with Crippen molar-refractivity contribution in [3.8, 4) is 0 Å². The number of aromatic nitrogens is 2. The predicted molar refractivity (Wildman–Crippen MR) is 84.4 cm³/mol. The van der Waals surface area contributed by atoms with Gasteiger partial charge in [0.05, 0.1) is 0 Å². The third-order valence-corrected chi connectivity index (χ3v) is 3.22. The fourth-order valence-corrected chi connectivity index (χ4v) is 1.92. The molecule has 0 radical (unpaired) electrons. The number of nitrogens with two attached hydrogens (primary N) is 1. The standard InChI is InChI=1S/C15H21N5O/c1-4-21-9-15-18-13(8-14(19-15)20-16)17-12-7-5-6-10(2)11(12)3/h5-8H,4,9,16H2,1-3H3,(H2,17,18,19,20). The summed E-state index contributed by atoms with van der Waals surface area (Å²) in [6, 6.07) is 7.86. The summed E-state index contributed by atoms with van der Waals surface area (Å²) < 4.78 is 5.35. The van der Waals surface area contributed by atoms with Crippen LogP contribution in [0.3, 0.4) is 0 Å². The van der Waals surface area contributed by atoms with Crippen molar-refractivity contribution in [3.05, 3.63) is 41.2 Å². The number of nitrogens with one attached hydrogen (secondary N) is 2. The molecule has 1 aromatic carbocycles.